The van der Waals surface area contributed by atoms with Crippen LogP contribution in [0.1, 0.15) is 64.5 Å². The molecule has 0 amide bonds. The number of ether oxygens (including phenoxy) is 1. The maximum Gasteiger partial charge on any atom is 0.213 e. The zero-order chi connectivity index (χ0) is 12.3. The lowest BCUT2D eigenvalue weighted by atomic mass is 9.87. The molecule has 1 aliphatic rings. The van der Waals surface area contributed by atoms with Crippen molar-refractivity contribution in [2.75, 3.05) is 0 Å². The minimum Gasteiger partial charge on any atom is -0.472 e. The minimum atomic E-state index is -0.168. The summed E-state index contributed by atoms with van der Waals surface area (Å²) >= 11 is 0. The molecule has 0 atom stereocenters. The van der Waals surface area contributed by atoms with Gasteiger partial charge < -0.3 is 4.74 Å². The Morgan fingerprint density at radius 2 is 1.82 bits per heavy atom. The molecule has 0 N–H and O–H groups in total. The standard InChI is InChI=1S/C15H23NO/c1-15(2,3)17-14-11-7-10-13(16-14)12-8-5-4-6-9-12/h7,10-12H,4-6,8-9H2,1-3H3. The van der Waals surface area contributed by atoms with Gasteiger partial charge in [0.15, 0.2) is 0 Å². The van der Waals surface area contributed by atoms with Crippen LogP contribution in [0.5, 0.6) is 5.88 Å². The largest absolute Gasteiger partial charge is 0.472 e. The summed E-state index contributed by atoms with van der Waals surface area (Å²) < 4.78 is 5.82. The predicted molar refractivity (Wildman–Crippen MR) is 70.4 cm³/mol. The van der Waals surface area contributed by atoms with Crippen LogP contribution in [0, 0.1) is 0 Å². The molecule has 0 aliphatic heterocycles. The van der Waals surface area contributed by atoms with Gasteiger partial charge in [0.05, 0.1) is 0 Å². The maximum atomic E-state index is 5.82. The molecule has 17 heavy (non-hydrogen) atoms. The number of hydrogen-bond acceptors (Lipinski definition) is 2. The highest BCUT2D eigenvalue weighted by Crippen LogP contribution is 2.32. The zero-order valence-electron chi connectivity index (χ0n) is 11.2. The van der Waals surface area contributed by atoms with E-state index in [9.17, 15) is 0 Å². The minimum absolute atomic E-state index is 0.168. The van der Waals surface area contributed by atoms with Crippen LogP contribution in [0.3, 0.4) is 0 Å². The van der Waals surface area contributed by atoms with Gasteiger partial charge in [0.1, 0.15) is 5.60 Å². The van der Waals surface area contributed by atoms with Crippen molar-refractivity contribution in [2.24, 2.45) is 0 Å². The maximum absolute atomic E-state index is 5.82. The van der Waals surface area contributed by atoms with Crippen molar-refractivity contribution >= 4 is 0 Å². The molecule has 1 heterocycles. The van der Waals surface area contributed by atoms with Gasteiger partial charge in [-0.15, -0.1) is 0 Å². The Kier molecular flexibility index (Phi) is 3.70. The number of rotatable bonds is 2. The van der Waals surface area contributed by atoms with E-state index in [1.807, 2.05) is 6.07 Å². The zero-order valence-corrected chi connectivity index (χ0v) is 11.2. The highest BCUT2D eigenvalue weighted by atomic mass is 16.5. The number of pyridine rings is 1. The molecule has 1 aromatic rings. The summed E-state index contributed by atoms with van der Waals surface area (Å²) in [6.45, 7) is 6.17. The van der Waals surface area contributed by atoms with Gasteiger partial charge in [-0.05, 0) is 39.7 Å². The second-order valence-electron chi connectivity index (χ2n) is 5.95. The van der Waals surface area contributed by atoms with Crippen LogP contribution < -0.4 is 4.74 Å². The van der Waals surface area contributed by atoms with E-state index in [1.54, 1.807) is 0 Å². The van der Waals surface area contributed by atoms with E-state index >= 15 is 0 Å². The van der Waals surface area contributed by atoms with Crippen LogP contribution in [0.25, 0.3) is 0 Å². The third-order valence-electron chi connectivity index (χ3n) is 3.18. The molecule has 0 bridgehead atoms. The molecule has 0 saturated heterocycles. The van der Waals surface area contributed by atoms with E-state index in [1.165, 1.54) is 37.8 Å². The SMILES string of the molecule is CC(C)(C)Oc1cccc(C2CCCCC2)n1. The summed E-state index contributed by atoms with van der Waals surface area (Å²) in [7, 11) is 0. The van der Waals surface area contributed by atoms with Crippen molar-refractivity contribution in [1.82, 2.24) is 4.98 Å². The molecular weight excluding hydrogens is 210 g/mol. The van der Waals surface area contributed by atoms with E-state index < -0.39 is 0 Å². The molecule has 0 spiro atoms. The van der Waals surface area contributed by atoms with Crippen molar-refractivity contribution in [2.45, 2.75) is 64.4 Å². The van der Waals surface area contributed by atoms with E-state index in [-0.39, 0.29) is 5.60 Å². The summed E-state index contributed by atoms with van der Waals surface area (Å²) in [5.74, 6) is 1.41. The fourth-order valence-electron chi connectivity index (χ4n) is 2.43. The molecule has 0 unspecified atom stereocenters. The second kappa shape index (κ2) is 5.07. The van der Waals surface area contributed by atoms with Gasteiger partial charge in [0.25, 0.3) is 0 Å². The molecule has 0 radical (unpaired) electrons. The highest BCUT2D eigenvalue weighted by Gasteiger charge is 2.18. The molecule has 2 heteroatoms. The molecule has 1 aliphatic carbocycles. The topological polar surface area (TPSA) is 22.1 Å². The predicted octanol–water partition coefficient (Wildman–Crippen LogP) is 4.31. The summed E-state index contributed by atoms with van der Waals surface area (Å²) in [5.41, 5.74) is 1.05. The first kappa shape index (κ1) is 12.4. The van der Waals surface area contributed by atoms with Crippen molar-refractivity contribution < 1.29 is 4.74 Å². The smallest absolute Gasteiger partial charge is 0.213 e. The Balaban J connectivity index is 2.10. The van der Waals surface area contributed by atoms with E-state index in [2.05, 4.69) is 37.9 Å². The first-order valence-electron chi connectivity index (χ1n) is 6.70. The molecule has 1 fully saturated rings. The lowest BCUT2D eigenvalue weighted by Gasteiger charge is -2.23. The Morgan fingerprint density at radius 3 is 2.47 bits per heavy atom. The first-order valence-corrected chi connectivity index (χ1v) is 6.70. The van der Waals surface area contributed by atoms with Crippen LogP contribution in [0.4, 0.5) is 0 Å². The van der Waals surface area contributed by atoms with E-state index in [0.717, 1.165) is 5.88 Å². The third-order valence-corrected chi connectivity index (χ3v) is 3.18. The van der Waals surface area contributed by atoms with Crippen molar-refractivity contribution in [3.63, 3.8) is 0 Å². The average molecular weight is 233 g/mol. The van der Waals surface area contributed by atoms with Gasteiger partial charge in [-0.2, -0.15) is 0 Å². The van der Waals surface area contributed by atoms with Crippen molar-refractivity contribution in [3.8, 4) is 5.88 Å². The molecule has 1 aromatic heterocycles. The van der Waals surface area contributed by atoms with Gasteiger partial charge in [-0.25, -0.2) is 4.98 Å². The molecular formula is C15H23NO. The first-order chi connectivity index (χ1) is 8.04. The quantitative estimate of drug-likeness (QED) is 0.759. The van der Waals surface area contributed by atoms with Gasteiger partial charge in [0, 0.05) is 17.7 Å². The average Bonchev–Trinajstić information content (AvgIpc) is 2.28. The van der Waals surface area contributed by atoms with Crippen LogP contribution >= 0.6 is 0 Å². The summed E-state index contributed by atoms with van der Waals surface area (Å²) in [6, 6.07) is 6.17. The lowest BCUT2D eigenvalue weighted by molar-refractivity contribution is 0.123. The molecule has 2 rings (SSSR count). The van der Waals surface area contributed by atoms with E-state index in [4.69, 9.17) is 4.74 Å². The summed E-state index contributed by atoms with van der Waals surface area (Å²) in [6.07, 6.45) is 6.64. The van der Waals surface area contributed by atoms with Gasteiger partial charge >= 0.3 is 0 Å². The fraction of sp³-hybridized carbons (Fsp3) is 0.667. The van der Waals surface area contributed by atoms with Gasteiger partial charge in [-0.3, -0.25) is 0 Å². The lowest BCUT2D eigenvalue weighted by Crippen LogP contribution is -2.23. The van der Waals surface area contributed by atoms with Crippen molar-refractivity contribution in [1.29, 1.82) is 0 Å². The number of nitrogens with zero attached hydrogens (tertiary/aromatic N) is 1. The highest BCUT2D eigenvalue weighted by molar-refractivity contribution is 5.19. The molecule has 94 valence electrons. The Hall–Kier alpha value is -1.05. The summed E-state index contributed by atoms with van der Waals surface area (Å²) in [4.78, 5) is 4.66. The molecule has 1 saturated carbocycles. The Labute approximate surface area is 104 Å². The van der Waals surface area contributed by atoms with Crippen LogP contribution in [-0.4, -0.2) is 10.6 Å². The van der Waals surface area contributed by atoms with Crippen molar-refractivity contribution in [3.05, 3.63) is 23.9 Å². The third kappa shape index (κ3) is 3.72. The molecule has 2 nitrogen and oxygen atoms in total. The second-order valence-corrected chi connectivity index (χ2v) is 5.95. The Morgan fingerprint density at radius 1 is 1.12 bits per heavy atom. The normalized spacial score (nSPS) is 18.1. The number of aromatic nitrogens is 1. The van der Waals surface area contributed by atoms with E-state index in [0.29, 0.717) is 5.92 Å². The summed E-state index contributed by atoms with van der Waals surface area (Å²) in [5, 5.41) is 0. The monoisotopic (exact) mass is 233 g/mol. The number of hydrogen-bond donors (Lipinski definition) is 0. The van der Waals surface area contributed by atoms with Gasteiger partial charge in [-0.1, -0.05) is 25.3 Å². The van der Waals surface area contributed by atoms with Crippen LogP contribution in [0.15, 0.2) is 18.2 Å². The fourth-order valence-corrected chi connectivity index (χ4v) is 2.43. The Bertz CT molecular complexity index is 361. The van der Waals surface area contributed by atoms with Gasteiger partial charge in [0.2, 0.25) is 5.88 Å². The molecule has 0 aromatic carbocycles. The van der Waals surface area contributed by atoms with Crippen LogP contribution in [-0.2, 0) is 0 Å². The van der Waals surface area contributed by atoms with Crippen LogP contribution in [0.2, 0.25) is 0 Å².